The first-order valence-corrected chi connectivity index (χ1v) is 7.93. The molecule has 3 rings (SSSR count). The van der Waals surface area contributed by atoms with Crippen molar-refractivity contribution in [1.82, 2.24) is 4.98 Å². The molecule has 1 aliphatic heterocycles. The van der Waals surface area contributed by atoms with Crippen LogP contribution in [0.3, 0.4) is 0 Å². The number of carbonyl (C=O) groups is 3. The van der Waals surface area contributed by atoms with Gasteiger partial charge in [-0.05, 0) is 38.5 Å². The van der Waals surface area contributed by atoms with E-state index in [9.17, 15) is 14.4 Å². The molecule has 2 N–H and O–H groups in total. The Labute approximate surface area is 149 Å². The van der Waals surface area contributed by atoms with Crippen LogP contribution in [0, 0.1) is 13.8 Å². The van der Waals surface area contributed by atoms with E-state index in [0.717, 1.165) is 0 Å². The topological polar surface area (TPSA) is 107 Å². The molecule has 1 aromatic heterocycles. The summed E-state index contributed by atoms with van der Waals surface area (Å²) >= 11 is 0. The molecule has 0 saturated carbocycles. The number of carbonyl (C=O) groups excluding carboxylic acids is 3. The van der Waals surface area contributed by atoms with Gasteiger partial charge in [0.25, 0.3) is 5.91 Å². The second kappa shape index (κ2) is 6.91. The van der Waals surface area contributed by atoms with Crippen molar-refractivity contribution in [1.29, 1.82) is 0 Å². The van der Waals surface area contributed by atoms with Crippen LogP contribution in [-0.2, 0) is 9.53 Å². The Balaban J connectivity index is 1.60. The van der Waals surface area contributed by atoms with Crippen molar-refractivity contribution in [3.05, 3.63) is 40.7 Å². The van der Waals surface area contributed by atoms with Crippen molar-refractivity contribution in [2.45, 2.75) is 20.8 Å². The molecule has 0 radical (unpaired) electrons. The number of ether oxygens (including phenoxy) is 3. The van der Waals surface area contributed by atoms with Crippen molar-refractivity contribution in [2.75, 3.05) is 18.7 Å². The zero-order chi connectivity index (χ0) is 18.8. The lowest BCUT2D eigenvalue weighted by Crippen LogP contribution is -2.21. The van der Waals surface area contributed by atoms with Gasteiger partial charge in [0.1, 0.15) is 5.69 Å². The van der Waals surface area contributed by atoms with Gasteiger partial charge in [-0.2, -0.15) is 0 Å². The molecule has 136 valence electrons. The molecule has 1 aliphatic rings. The third-order valence-electron chi connectivity index (χ3n) is 3.98. The molecule has 1 aromatic carbocycles. The summed E-state index contributed by atoms with van der Waals surface area (Å²) in [5.41, 5.74) is 2.23. The molecule has 2 heterocycles. The number of aryl methyl sites for hydroxylation is 1. The molecule has 26 heavy (non-hydrogen) atoms. The molecule has 1 amide bonds. The Hall–Kier alpha value is -3.29. The summed E-state index contributed by atoms with van der Waals surface area (Å²) in [5.74, 6) is -0.193. The third kappa shape index (κ3) is 3.39. The minimum absolute atomic E-state index is 0.140. The van der Waals surface area contributed by atoms with Crippen LogP contribution in [0.25, 0.3) is 0 Å². The number of ketones is 1. The first-order valence-electron chi connectivity index (χ1n) is 7.93. The van der Waals surface area contributed by atoms with E-state index in [0.29, 0.717) is 34.0 Å². The van der Waals surface area contributed by atoms with Crippen molar-refractivity contribution in [3.8, 4) is 11.5 Å². The van der Waals surface area contributed by atoms with E-state index in [2.05, 4.69) is 10.3 Å². The van der Waals surface area contributed by atoms with E-state index in [-0.39, 0.29) is 18.3 Å². The van der Waals surface area contributed by atoms with Crippen LogP contribution in [0.4, 0.5) is 5.69 Å². The highest BCUT2D eigenvalue weighted by Gasteiger charge is 2.21. The van der Waals surface area contributed by atoms with Gasteiger partial charge in [0.15, 0.2) is 23.9 Å². The van der Waals surface area contributed by atoms with Gasteiger partial charge in [0.2, 0.25) is 6.79 Å². The Morgan fingerprint density at radius 1 is 1.19 bits per heavy atom. The summed E-state index contributed by atoms with van der Waals surface area (Å²) in [6.07, 6.45) is 0. The van der Waals surface area contributed by atoms with Gasteiger partial charge < -0.3 is 24.5 Å². The minimum Gasteiger partial charge on any atom is -0.454 e. The number of Topliss-reactive ketones (excluding diaryl/α,β-unsaturated/α-hetero) is 1. The van der Waals surface area contributed by atoms with Crippen LogP contribution >= 0.6 is 0 Å². The van der Waals surface area contributed by atoms with Gasteiger partial charge in [0.05, 0.1) is 0 Å². The molecule has 8 nitrogen and oxygen atoms in total. The lowest BCUT2D eigenvalue weighted by molar-refractivity contribution is -0.119. The number of nitrogens with one attached hydrogen (secondary N) is 2. The van der Waals surface area contributed by atoms with Crippen molar-refractivity contribution >= 4 is 23.3 Å². The number of esters is 1. The van der Waals surface area contributed by atoms with Gasteiger partial charge in [-0.25, -0.2) is 4.79 Å². The molecular formula is C18H18N2O6. The molecule has 0 unspecified atom stereocenters. The second-order valence-electron chi connectivity index (χ2n) is 5.87. The molecule has 0 atom stereocenters. The highest BCUT2D eigenvalue weighted by Crippen LogP contribution is 2.34. The molecule has 0 saturated heterocycles. The van der Waals surface area contributed by atoms with E-state index >= 15 is 0 Å². The predicted octanol–water partition coefficient (Wildman–Crippen LogP) is 2.36. The molecule has 8 heteroatoms. The number of hydrogen-bond acceptors (Lipinski definition) is 6. The van der Waals surface area contributed by atoms with Crippen LogP contribution in [0.5, 0.6) is 11.5 Å². The van der Waals surface area contributed by atoms with E-state index < -0.39 is 18.5 Å². The Kier molecular flexibility index (Phi) is 4.66. The number of amides is 1. The fourth-order valence-corrected chi connectivity index (χ4v) is 2.86. The van der Waals surface area contributed by atoms with Crippen LogP contribution in [0.15, 0.2) is 18.2 Å². The second-order valence-corrected chi connectivity index (χ2v) is 5.87. The number of benzene rings is 1. The lowest BCUT2D eigenvalue weighted by atomic mass is 10.1. The number of anilines is 1. The molecule has 0 aliphatic carbocycles. The summed E-state index contributed by atoms with van der Waals surface area (Å²) in [6, 6.07) is 4.96. The Bertz CT molecular complexity index is 899. The Morgan fingerprint density at radius 2 is 1.92 bits per heavy atom. The standard InChI is InChI=1S/C18H18N2O6/c1-9-16(11(3)21)10(2)19-17(9)18(23)24-7-15(22)20-12-4-5-13-14(6-12)26-8-25-13/h4-6,19H,7-8H2,1-3H3,(H,20,22). The summed E-state index contributed by atoms with van der Waals surface area (Å²) in [6.45, 7) is 4.47. The smallest absolute Gasteiger partial charge is 0.355 e. The lowest BCUT2D eigenvalue weighted by Gasteiger charge is -2.07. The highest BCUT2D eigenvalue weighted by atomic mass is 16.7. The number of aromatic nitrogens is 1. The zero-order valence-electron chi connectivity index (χ0n) is 14.6. The average Bonchev–Trinajstić information content (AvgIpc) is 3.16. The summed E-state index contributed by atoms with van der Waals surface area (Å²) in [5, 5.41) is 2.61. The van der Waals surface area contributed by atoms with E-state index in [4.69, 9.17) is 14.2 Å². The fourth-order valence-electron chi connectivity index (χ4n) is 2.86. The normalized spacial score (nSPS) is 12.0. The van der Waals surface area contributed by atoms with E-state index in [1.807, 2.05) is 0 Å². The predicted molar refractivity (Wildman–Crippen MR) is 91.7 cm³/mol. The first kappa shape index (κ1) is 17.5. The van der Waals surface area contributed by atoms with Crippen LogP contribution in [-0.4, -0.2) is 36.0 Å². The van der Waals surface area contributed by atoms with Crippen LogP contribution in [0.1, 0.15) is 39.0 Å². The summed E-state index contributed by atoms with van der Waals surface area (Å²) in [7, 11) is 0. The quantitative estimate of drug-likeness (QED) is 0.628. The maximum Gasteiger partial charge on any atom is 0.355 e. The maximum absolute atomic E-state index is 12.2. The minimum atomic E-state index is -0.695. The fraction of sp³-hybridized carbons (Fsp3) is 0.278. The molecule has 0 fully saturated rings. The number of rotatable bonds is 5. The monoisotopic (exact) mass is 358 g/mol. The van der Waals surface area contributed by atoms with Gasteiger partial charge in [0, 0.05) is 23.0 Å². The largest absolute Gasteiger partial charge is 0.454 e. The summed E-state index contributed by atoms with van der Waals surface area (Å²) in [4.78, 5) is 38.6. The van der Waals surface area contributed by atoms with Gasteiger partial charge >= 0.3 is 5.97 Å². The van der Waals surface area contributed by atoms with E-state index in [1.165, 1.54) is 6.92 Å². The van der Waals surface area contributed by atoms with Crippen molar-refractivity contribution in [2.24, 2.45) is 0 Å². The van der Waals surface area contributed by atoms with Gasteiger partial charge in [-0.1, -0.05) is 0 Å². The highest BCUT2D eigenvalue weighted by molar-refractivity contribution is 6.01. The Morgan fingerprint density at radius 3 is 2.62 bits per heavy atom. The number of aromatic amines is 1. The SMILES string of the molecule is CC(=O)c1c(C)[nH]c(C(=O)OCC(=O)Nc2ccc3c(c2)OCO3)c1C. The molecule has 0 spiro atoms. The first-order chi connectivity index (χ1) is 12.4. The maximum atomic E-state index is 12.2. The van der Waals surface area contributed by atoms with Crippen LogP contribution < -0.4 is 14.8 Å². The van der Waals surface area contributed by atoms with Gasteiger partial charge in [-0.15, -0.1) is 0 Å². The third-order valence-corrected chi connectivity index (χ3v) is 3.98. The van der Waals surface area contributed by atoms with Crippen molar-refractivity contribution < 1.29 is 28.6 Å². The number of H-pyrrole nitrogens is 1. The molecular weight excluding hydrogens is 340 g/mol. The van der Waals surface area contributed by atoms with Crippen molar-refractivity contribution in [3.63, 3.8) is 0 Å². The number of hydrogen-bond donors (Lipinski definition) is 2. The van der Waals surface area contributed by atoms with Gasteiger partial charge in [-0.3, -0.25) is 9.59 Å². The average molecular weight is 358 g/mol. The molecule has 2 aromatic rings. The number of fused-ring (bicyclic) bond motifs is 1. The molecule has 0 bridgehead atoms. The van der Waals surface area contributed by atoms with E-state index in [1.54, 1.807) is 32.0 Å². The van der Waals surface area contributed by atoms with Crippen LogP contribution in [0.2, 0.25) is 0 Å². The summed E-state index contributed by atoms with van der Waals surface area (Å²) < 4.78 is 15.5. The zero-order valence-corrected chi connectivity index (χ0v) is 14.6.